The van der Waals surface area contributed by atoms with E-state index in [1.807, 2.05) is 4.90 Å². The van der Waals surface area contributed by atoms with Gasteiger partial charge >= 0.3 is 0 Å². The number of halogens is 3. The summed E-state index contributed by atoms with van der Waals surface area (Å²) in [6.45, 7) is 2.91. The van der Waals surface area contributed by atoms with Gasteiger partial charge in [-0.05, 0) is 37.3 Å². The molecule has 0 saturated carbocycles. The van der Waals surface area contributed by atoms with Gasteiger partial charge in [-0.1, -0.05) is 0 Å². The van der Waals surface area contributed by atoms with Crippen LogP contribution in [0.2, 0.25) is 0 Å². The van der Waals surface area contributed by atoms with Crippen molar-refractivity contribution in [3.8, 4) is 0 Å². The number of anilines is 2. The molecule has 2 amide bonds. The third-order valence-electron chi connectivity index (χ3n) is 5.96. The number of benzene rings is 2. The van der Waals surface area contributed by atoms with Crippen LogP contribution in [0.15, 0.2) is 36.4 Å². The molecule has 1 unspecified atom stereocenters. The second-order valence-corrected chi connectivity index (χ2v) is 8.04. The van der Waals surface area contributed by atoms with Crippen molar-refractivity contribution in [2.45, 2.75) is 13.3 Å². The van der Waals surface area contributed by atoms with Gasteiger partial charge in [0.1, 0.15) is 17.5 Å². The van der Waals surface area contributed by atoms with E-state index < -0.39 is 23.4 Å². The molecule has 2 saturated heterocycles. The van der Waals surface area contributed by atoms with Crippen LogP contribution < -0.4 is 9.80 Å². The Balaban J connectivity index is 1.39. The van der Waals surface area contributed by atoms with Crippen LogP contribution in [0.5, 0.6) is 0 Å². The van der Waals surface area contributed by atoms with Gasteiger partial charge in [0.2, 0.25) is 11.8 Å². The standard InChI is InChI=1S/C23H22F3N3O3/c1-14(30)15-2-4-20(18(25)10-15)27-6-8-28(9-7-27)23(32)16-11-22(31)29(13-16)21-5-3-17(24)12-19(21)26/h2-5,10,12,16H,6-9,11,13H2,1H3. The first-order valence-electron chi connectivity index (χ1n) is 10.3. The van der Waals surface area contributed by atoms with E-state index in [0.717, 1.165) is 6.07 Å². The first-order chi connectivity index (χ1) is 15.2. The number of piperazine rings is 1. The lowest BCUT2D eigenvalue weighted by Crippen LogP contribution is -2.51. The molecule has 0 radical (unpaired) electrons. The highest BCUT2D eigenvalue weighted by molar-refractivity contribution is 6.00. The molecular weight excluding hydrogens is 423 g/mol. The largest absolute Gasteiger partial charge is 0.366 e. The van der Waals surface area contributed by atoms with Crippen molar-refractivity contribution >= 4 is 29.0 Å². The first-order valence-corrected chi connectivity index (χ1v) is 10.3. The van der Waals surface area contributed by atoms with E-state index in [9.17, 15) is 27.6 Å². The maximum absolute atomic E-state index is 14.4. The fraction of sp³-hybridized carbons (Fsp3) is 0.348. The normalized spacial score (nSPS) is 18.9. The van der Waals surface area contributed by atoms with Crippen LogP contribution in [0.25, 0.3) is 0 Å². The SMILES string of the molecule is CC(=O)c1ccc(N2CCN(C(=O)C3CC(=O)N(c4ccc(F)cc4F)C3)CC2)c(F)c1. The highest BCUT2D eigenvalue weighted by Crippen LogP contribution is 2.29. The molecule has 168 valence electrons. The molecule has 0 N–H and O–H groups in total. The van der Waals surface area contributed by atoms with Crippen molar-refractivity contribution < 1.29 is 27.6 Å². The Labute approximate surface area is 183 Å². The predicted octanol–water partition coefficient (Wildman–Crippen LogP) is 3.01. The summed E-state index contributed by atoms with van der Waals surface area (Å²) in [7, 11) is 0. The molecule has 4 rings (SSSR count). The number of carbonyl (C=O) groups excluding carboxylic acids is 3. The predicted molar refractivity (Wildman–Crippen MR) is 112 cm³/mol. The van der Waals surface area contributed by atoms with Crippen LogP contribution in [0, 0.1) is 23.4 Å². The topological polar surface area (TPSA) is 60.9 Å². The molecule has 2 aromatic carbocycles. The molecule has 2 aromatic rings. The maximum Gasteiger partial charge on any atom is 0.228 e. The van der Waals surface area contributed by atoms with E-state index in [2.05, 4.69) is 0 Å². The number of rotatable bonds is 4. The Morgan fingerprint density at radius 3 is 2.19 bits per heavy atom. The first kappa shape index (κ1) is 21.9. The lowest BCUT2D eigenvalue weighted by atomic mass is 10.1. The summed E-state index contributed by atoms with van der Waals surface area (Å²) in [5.41, 5.74) is 0.630. The Morgan fingerprint density at radius 1 is 0.906 bits per heavy atom. The third kappa shape index (κ3) is 4.19. The van der Waals surface area contributed by atoms with Gasteiger partial charge in [-0.25, -0.2) is 13.2 Å². The summed E-state index contributed by atoms with van der Waals surface area (Å²) in [5.74, 6) is -3.52. The van der Waals surface area contributed by atoms with Gasteiger partial charge in [0.15, 0.2) is 5.78 Å². The highest BCUT2D eigenvalue weighted by Gasteiger charge is 2.39. The Hall–Kier alpha value is -3.36. The minimum atomic E-state index is -0.849. The molecule has 1 atom stereocenters. The summed E-state index contributed by atoms with van der Waals surface area (Å²) in [5, 5.41) is 0. The molecule has 2 fully saturated rings. The smallest absolute Gasteiger partial charge is 0.228 e. The van der Waals surface area contributed by atoms with Crippen molar-refractivity contribution in [2.24, 2.45) is 5.92 Å². The van der Waals surface area contributed by atoms with Crippen molar-refractivity contribution in [2.75, 3.05) is 42.5 Å². The van der Waals surface area contributed by atoms with Crippen LogP contribution in [0.4, 0.5) is 24.5 Å². The molecule has 9 heteroatoms. The number of hydrogen-bond acceptors (Lipinski definition) is 4. The monoisotopic (exact) mass is 445 g/mol. The van der Waals surface area contributed by atoms with Gasteiger partial charge in [-0.2, -0.15) is 0 Å². The van der Waals surface area contributed by atoms with Crippen LogP contribution in [-0.2, 0) is 9.59 Å². The van der Waals surface area contributed by atoms with Crippen molar-refractivity contribution in [1.82, 2.24) is 4.90 Å². The van der Waals surface area contributed by atoms with Gasteiger partial charge in [0.05, 0.1) is 17.3 Å². The average molecular weight is 445 g/mol. The molecular formula is C23H22F3N3O3. The number of ketones is 1. The van der Waals surface area contributed by atoms with Crippen molar-refractivity contribution in [3.05, 3.63) is 59.4 Å². The molecule has 2 aliphatic heterocycles. The second kappa shape index (κ2) is 8.64. The zero-order valence-corrected chi connectivity index (χ0v) is 17.5. The quantitative estimate of drug-likeness (QED) is 0.679. The summed E-state index contributed by atoms with van der Waals surface area (Å²) < 4.78 is 41.7. The zero-order chi connectivity index (χ0) is 23.0. The molecule has 32 heavy (non-hydrogen) atoms. The number of hydrogen-bond donors (Lipinski definition) is 0. The minimum absolute atomic E-state index is 0.0293. The van der Waals surface area contributed by atoms with Crippen LogP contribution >= 0.6 is 0 Å². The zero-order valence-electron chi connectivity index (χ0n) is 17.5. The van der Waals surface area contributed by atoms with E-state index in [1.165, 1.54) is 24.0 Å². The number of carbonyl (C=O) groups is 3. The van der Waals surface area contributed by atoms with Crippen LogP contribution in [-0.4, -0.2) is 55.2 Å². The third-order valence-corrected chi connectivity index (χ3v) is 5.96. The Bertz CT molecular complexity index is 1080. The Kier molecular flexibility index (Phi) is 5.90. The number of amides is 2. The van der Waals surface area contributed by atoms with Crippen molar-refractivity contribution in [1.29, 1.82) is 0 Å². The number of nitrogens with zero attached hydrogens (tertiary/aromatic N) is 3. The van der Waals surface area contributed by atoms with E-state index in [-0.39, 0.29) is 36.3 Å². The summed E-state index contributed by atoms with van der Waals surface area (Å²) >= 11 is 0. The summed E-state index contributed by atoms with van der Waals surface area (Å²) in [6.07, 6.45) is -0.0446. The summed E-state index contributed by atoms with van der Waals surface area (Å²) in [6, 6.07) is 7.32. The van der Waals surface area contributed by atoms with E-state index in [4.69, 9.17) is 0 Å². The fourth-order valence-electron chi connectivity index (χ4n) is 4.21. The van der Waals surface area contributed by atoms with Gasteiger partial charge in [-0.3, -0.25) is 14.4 Å². The molecule has 0 bridgehead atoms. The summed E-state index contributed by atoms with van der Waals surface area (Å²) in [4.78, 5) is 41.4. The van der Waals surface area contributed by atoms with Crippen LogP contribution in [0.1, 0.15) is 23.7 Å². The fourth-order valence-corrected chi connectivity index (χ4v) is 4.21. The van der Waals surface area contributed by atoms with Crippen molar-refractivity contribution in [3.63, 3.8) is 0 Å². The van der Waals surface area contributed by atoms with E-state index in [1.54, 1.807) is 17.0 Å². The van der Waals surface area contributed by atoms with Gasteiger partial charge in [0, 0.05) is 50.8 Å². The Morgan fingerprint density at radius 2 is 1.56 bits per heavy atom. The minimum Gasteiger partial charge on any atom is -0.366 e. The molecule has 2 heterocycles. The molecule has 6 nitrogen and oxygen atoms in total. The van der Waals surface area contributed by atoms with E-state index >= 15 is 0 Å². The van der Waals surface area contributed by atoms with Gasteiger partial charge in [-0.15, -0.1) is 0 Å². The highest BCUT2D eigenvalue weighted by atomic mass is 19.1. The lowest BCUT2D eigenvalue weighted by molar-refractivity contribution is -0.136. The van der Waals surface area contributed by atoms with Gasteiger partial charge < -0.3 is 14.7 Å². The molecule has 0 aromatic heterocycles. The molecule has 2 aliphatic rings. The maximum atomic E-state index is 14.4. The average Bonchev–Trinajstić information content (AvgIpc) is 3.14. The molecule has 0 aliphatic carbocycles. The molecule has 0 spiro atoms. The van der Waals surface area contributed by atoms with Gasteiger partial charge in [0.25, 0.3) is 0 Å². The van der Waals surface area contributed by atoms with Crippen LogP contribution in [0.3, 0.4) is 0 Å². The lowest BCUT2D eigenvalue weighted by Gasteiger charge is -2.37. The number of Topliss-reactive ketones (excluding diaryl/α,β-unsaturated/α-hetero) is 1. The second-order valence-electron chi connectivity index (χ2n) is 8.04. The van der Waals surface area contributed by atoms with E-state index in [0.29, 0.717) is 43.5 Å².